The number of amides is 1. The molecule has 0 spiro atoms. The first kappa shape index (κ1) is 16.1. The minimum Gasteiger partial charge on any atom is -0.497 e. The van der Waals surface area contributed by atoms with Crippen LogP contribution >= 0.6 is 22.9 Å². The van der Waals surface area contributed by atoms with E-state index in [1.807, 2.05) is 25.1 Å². The van der Waals surface area contributed by atoms with Crippen LogP contribution in [0.3, 0.4) is 0 Å². The predicted molar refractivity (Wildman–Crippen MR) is 86.8 cm³/mol. The van der Waals surface area contributed by atoms with Crippen molar-refractivity contribution in [1.29, 1.82) is 0 Å². The molecular formula is C15H18ClNO3S. The van der Waals surface area contributed by atoms with Gasteiger partial charge in [-0.05, 0) is 31.5 Å². The quantitative estimate of drug-likeness (QED) is 0.788. The lowest BCUT2D eigenvalue weighted by molar-refractivity contribution is 0.0948. The summed E-state index contributed by atoms with van der Waals surface area (Å²) in [5.74, 6) is 0.586. The molecule has 21 heavy (non-hydrogen) atoms. The molecule has 0 radical (unpaired) electrons. The van der Waals surface area contributed by atoms with Gasteiger partial charge >= 0.3 is 0 Å². The van der Waals surface area contributed by atoms with E-state index in [0.717, 1.165) is 22.3 Å². The number of thiophene rings is 1. The van der Waals surface area contributed by atoms with Gasteiger partial charge in [0.2, 0.25) is 0 Å². The molecule has 6 heteroatoms. The fourth-order valence-electron chi connectivity index (χ4n) is 1.92. The summed E-state index contributed by atoms with van der Waals surface area (Å²) in [7, 11) is 1.60. The minimum absolute atomic E-state index is 0.142. The molecule has 2 aromatic rings. The van der Waals surface area contributed by atoms with Crippen LogP contribution in [0.15, 0.2) is 18.2 Å². The van der Waals surface area contributed by atoms with Crippen molar-refractivity contribution in [1.82, 2.24) is 5.32 Å². The number of fused-ring (bicyclic) bond motifs is 1. The standard InChI is InChI=1S/C15H18ClNO3S/c1-3-20-8-4-7-17-15(18)14-13(16)11-9-10(19-2)5-6-12(11)21-14/h5-6,9H,3-4,7-8H2,1-2H3,(H,17,18). The molecule has 0 aliphatic carbocycles. The fourth-order valence-corrected chi connectivity index (χ4v) is 3.33. The van der Waals surface area contributed by atoms with Crippen LogP contribution in [0.1, 0.15) is 23.0 Å². The molecule has 0 saturated carbocycles. The zero-order valence-electron chi connectivity index (χ0n) is 12.1. The monoisotopic (exact) mass is 327 g/mol. The van der Waals surface area contributed by atoms with E-state index in [0.29, 0.717) is 29.7 Å². The summed E-state index contributed by atoms with van der Waals surface area (Å²) < 4.78 is 11.4. The zero-order valence-corrected chi connectivity index (χ0v) is 13.6. The molecule has 1 N–H and O–H groups in total. The molecule has 114 valence electrons. The summed E-state index contributed by atoms with van der Waals surface area (Å²) in [6.07, 6.45) is 0.788. The van der Waals surface area contributed by atoms with E-state index in [1.165, 1.54) is 11.3 Å². The molecule has 0 fully saturated rings. The third-order valence-electron chi connectivity index (χ3n) is 3.00. The van der Waals surface area contributed by atoms with Crippen LogP contribution in [0.4, 0.5) is 0 Å². The number of benzene rings is 1. The molecule has 2 rings (SSSR count). The number of hydrogen-bond donors (Lipinski definition) is 1. The normalized spacial score (nSPS) is 10.8. The van der Waals surface area contributed by atoms with Crippen LogP contribution in [0.2, 0.25) is 5.02 Å². The van der Waals surface area contributed by atoms with Gasteiger partial charge < -0.3 is 14.8 Å². The SMILES string of the molecule is CCOCCCNC(=O)c1sc2ccc(OC)cc2c1Cl. The Hall–Kier alpha value is -1.30. The Morgan fingerprint density at radius 1 is 1.43 bits per heavy atom. The zero-order chi connectivity index (χ0) is 15.2. The van der Waals surface area contributed by atoms with Gasteiger partial charge in [-0.3, -0.25) is 4.79 Å². The van der Waals surface area contributed by atoms with Gasteiger partial charge in [0.05, 0.1) is 12.1 Å². The van der Waals surface area contributed by atoms with Crippen molar-refractivity contribution in [2.45, 2.75) is 13.3 Å². The fraction of sp³-hybridized carbons (Fsp3) is 0.400. The maximum absolute atomic E-state index is 12.2. The van der Waals surface area contributed by atoms with Crippen LogP contribution in [-0.4, -0.2) is 32.8 Å². The number of carbonyl (C=O) groups is 1. The van der Waals surface area contributed by atoms with Crippen molar-refractivity contribution in [3.63, 3.8) is 0 Å². The lowest BCUT2D eigenvalue weighted by atomic mass is 10.2. The Bertz CT molecular complexity index is 627. The third kappa shape index (κ3) is 3.87. The number of rotatable bonds is 7. The topological polar surface area (TPSA) is 47.6 Å². The maximum Gasteiger partial charge on any atom is 0.262 e. The summed E-state index contributed by atoms with van der Waals surface area (Å²) in [6.45, 7) is 3.86. The van der Waals surface area contributed by atoms with Gasteiger partial charge in [0, 0.05) is 29.8 Å². The summed E-state index contributed by atoms with van der Waals surface area (Å²) >= 11 is 7.70. The Labute approximate surface area is 133 Å². The maximum atomic E-state index is 12.2. The molecule has 1 aromatic heterocycles. The van der Waals surface area contributed by atoms with Gasteiger partial charge in [-0.15, -0.1) is 11.3 Å². The van der Waals surface area contributed by atoms with E-state index in [-0.39, 0.29) is 5.91 Å². The minimum atomic E-state index is -0.142. The molecule has 0 bridgehead atoms. The second kappa shape index (κ2) is 7.64. The summed E-state index contributed by atoms with van der Waals surface area (Å²) in [4.78, 5) is 12.7. The molecule has 1 heterocycles. The first-order valence-corrected chi connectivity index (χ1v) is 7.98. The van der Waals surface area contributed by atoms with E-state index in [9.17, 15) is 4.79 Å². The third-order valence-corrected chi connectivity index (χ3v) is 4.67. The molecule has 4 nitrogen and oxygen atoms in total. The van der Waals surface area contributed by atoms with E-state index < -0.39 is 0 Å². The summed E-state index contributed by atoms with van der Waals surface area (Å²) in [6, 6.07) is 5.62. The highest BCUT2D eigenvalue weighted by Gasteiger charge is 2.17. The first-order chi connectivity index (χ1) is 10.2. The molecule has 0 aliphatic rings. The van der Waals surface area contributed by atoms with Gasteiger partial charge in [0.25, 0.3) is 5.91 Å². The first-order valence-electron chi connectivity index (χ1n) is 6.79. The Morgan fingerprint density at radius 3 is 2.95 bits per heavy atom. The molecule has 0 aliphatic heterocycles. The van der Waals surface area contributed by atoms with Gasteiger partial charge in [-0.25, -0.2) is 0 Å². The van der Waals surface area contributed by atoms with Crippen molar-refractivity contribution >= 4 is 38.9 Å². The smallest absolute Gasteiger partial charge is 0.262 e. The highest BCUT2D eigenvalue weighted by Crippen LogP contribution is 2.37. The summed E-state index contributed by atoms with van der Waals surface area (Å²) in [5.41, 5.74) is 0. The number of halogens is 1. The average Bonchev–Trinajstić information content (AvgIpc) is 2.83. The van der Waals surface area contributed by atoms with Crippen LogP contribution < -0.4 is 10.1 Å². The number of carbonyl (C=O) groups excluding carboxylic acids is 1. The molecule has 0 atom stereocenters. The van der Waals surface area contributed by atoms with Crippen molar-refractivity contribution < 1.29 is 14.3 Å². The molecular weight excluding hydrogens is 310 g/mol. The Balaban J connectivity index is 2.07. The van der Waals surface area contributed by atoms with Crippen LogP contribution in [-0.2, 0) is 4.74 Å². The Morgan fingerprint density at radius 2 is 2.24 bits per heavy atom. The number of ether oxygens (including phenoxy) is 2. The van der Waals surface area contributed by atoms with Crippen LogP contribution in [0.5, 0.6) is 5.75 Å². The second-order valence-electron chi connectivity index (χ2n) is 4.41. The van der Waals surface area contributed by atoms with Gasteiger partial charge in [-0.1, -0.05) is 11.6 Å². The molecule has 0 saturated heterocycles. The van der Waals surface area contributed by atoms with Crippen molar-refractivity contribution in [3.05, 3.63) is 28.1 Å². The van der Waals surface area contributed by atoms with E-state index in [1.54, 1.807) is 7.11 Å². The highest BCUT2D eigenvalue weighted by atomic mass is 35.5. The predicted octanol–water partition coefficient (Wildman–Crippen LogP) is 3.72. The van der Waals surface area contributed by atoms with E-state index in [2.05, 4.69) is 5.32 Å². The van der Waals surface area contributed by atoms with Gasteiger partial charge in [-0.2, -0.15) is 0 Å². The van der Waals surface area contributed by atoms with Crippen LogP contribution in [0.25, 0.3) is 10.1 Å². The van der Waals surface area contributed by atoms with Gasteiger partial charge in [0.1, 0.15) is 10.6 Å². The van der Waals surface area contributed by atoms with Crippen LogP contribution in [0, 0.1) is 0 Å². The largest absolute Gasteiger partial charge is 0.497 e. The Kier molecular flexibility index (Phi) is 5.85. The van der Waals surface area contributed by atoms with Crippen molar-refractivity contribution in [3.8, 4) is 5.75 Å². The summed E-state index contributed by atoms with van der Waals surface area (Å²) in [5, 5.41) is 4.19. The van der Waals surface area contributed by atoms with E-state index >= 15 is 0 Å². The van der Waals surface area contributed by atoms with Crippen molar-refractivity contribution in [2.75, 3.05) is 26.9 Å². The number of hydrogen-bond acceptors (Lipinski definition) is 4. The van der Waals surface area contributed by atoms with Crippen molar-refractivity contribution in [2.24, 2.45) is 0 Å². The second-order valence-corrected chi connectivity index (χ2v) is 5.84. The molecule has 1 amide bonds. The highest BCUT2D eigenvalue weighted by molar-refractivity contribution is 7.21. The lowest BCUT2D eigenvalue weighted by Crippen LogP contribution is -2.24. The lowest BCUT2D eigenvalue weighted by Gasteiger charge is -2.04. The number of methoxy groups -OCH3 is 1. The molecule has 0 unspecified atom stereocenters. The molecule has 1 aromatic carbocycles. The number of nitrogens with one attached hydrogen (secondary N) is 1. The van der Waals surface area contributed by atoms with E-state index in [4.69, 9.17) is 21.1 Å². The average molecular weight is 328 g/mol. The van der Waals surface area contributed by atoms with Gasteiger partial charge in [0.15, 0.2) is 0 Å².